The number of nitrogens with zero attached hydrogens (tertiary/aromatic N) is 1. The lowest BCUT2D eigenvalue weighted by Gasteiger charge is -2.13. The lowest BCUT2D eigenvalue weighted by molar-refractivity contribution is 0.501. The van der Waals surface area contributed by atoms with Crippen LogP contribution >= 0.6 is 11.3 Å². The summed E-state index contributed by atoms with van der Waals surface area (Å²) in [5, 5.41) is 1.76. The highest BCUT2D eigenvalue weighted by Gasteiger charge is 2.20. The van der Waals surface area contributed by atoms with Crippen LogP contribution in [0.3, 0.4) is 0 Å². The standard InChI is InChI=1S/C14H15NO2S2/c1-15(19(16,17)14-10-6-12-18-14)11-5-9-13-7-3-2-4-8-13/h2-10,12H,11H2,1H3/b9-5-. The molecule has 3 nitrogen and oxygen atoms in total. The van der Waals surface area contributed by atoms with Gasteiger partial charge in [-0.3, -0.25) is 0 Å². The highest BCUT2D eigenvalue weighted by atomic mass is 32.2. The molecule has 1 heterocycles. The van der Waals surface area contributed by atoms with Crippen molar-refractivity contribution in [2.45, 2.75) is 4.21 Å². The van der Waals surface area contributed by atoms with Gasteiger partial charge in [0.05, 0.1) is 0 Å². The molecule has 2 rings (SSSR count). The van der Waals surface area contributed by atoms with Crippen LogP contribution in [0.2, 0.25) is 0 Å². The van der Waals surface area contributed by atoms with Crippen molar-refractivity contribution in [3.63, 3.8) is 0 Å². The van der Waals surface area contributed by atoms with Gasteiger partial charge in [-0.1, -0.05) is 48.6 Å². The summed E-state index contributed by atoms with van der Waals surface area (Å²) in [6.45, 7) is 0.356. The third-order valence-electron chi connectivity index (χ3n) is 2.63. The first-order chi connectivity index (χ1) is 9.10. The Bertz CT molecular complexity index is 631. The predicted octanol–water partition coefficient (Wildman–Crippen LogP) is 3.08. The molecule has 0 radical (unpaired) electrons. The number of likely N-dealkylation sites (N-methyl/N-ethyl adjacent to an activating group) is 1. The van der Waals surface area contributed by atoms with Gasteiger partial charge in [0.2, 0.25) is 0 Å². The van der Waals surface area contributed by atoms with Crippen molar-refractivity contribution in [1.29, 1.82) is 0 Å². The smallest absolute Gasteiger partial charge is 0.206 e. The molecular formula is C14H15NO2S2. The van der Waals surface area contributed by atoms with Crippen LogP contribution in [0.5, 0.6) is 0 Å². The van der Waals surface area contributed by atoms with Crippen LogP contribution < -0.4 is 0 Å². The van der Waals surface area contributed by atoms with Gasteiger partial charge in [-0.05, 0) is 17.0 Å². The zero-order valence-electron chi connectivity index (χ0n) is 10.6. The lowest BCUT2D eigenvalue weighted by Crippen LogP contribution is -2.26. The van der Waals surface area contributed by atoms with E-state index in [1.54, 1.807) is 24.6 Å². The van der Waals surface area contributed by atoms with Crippen molar-refractivity contribution < 1.29 is 8.42 Å². The Hall–Kier alpha value is -1.43. The summed E-state index contributed by atoms with van der Waals surface area (Å²) in [6.07, 6.45) is 3.76. The van der Waals surface area contributed by atoms with Gasteiger partial charge in [-0.25, -0.2) is 8.42 Å². The van der Waals surface area contributed by atoms with E-state index in [2.05, 4.69) is 0 Å². The Kier molecular flexibility index (Phi) is 4.52. The zero-order valence-corrected chi connectivity index (χ0v) is 12.2. The maximum Gasteiger partial charge on any atom is 0.252 e. The minimum Gasteiger partial charge on any atom is -0.206 e. The molecule has 100 valence electrons. The SMILES string of the molecule is CN(C/C=C\c1ccccc1)S(=O)(=O)c1cccs1. The molecular weight excluding hydrogens is 278 g/mol. The molecule has 0 bridgehead atoms. The summed E-state index contributed by atoms with van der Waals surface area (Å²) in [5.41, 5.74) is 1.06. The number of sulfonamides is 1. The van der Waals surface area contributed by atoms with Gasteiger partial charge in [-0.2, -0.15) is 4.31 Å². The predicted molar refractivity (Wildman–Crippen MR) is 79.6 cm³/mol. The van der Waals surface area contributed by atoms with Crippen LogP contribution in [0.4, 0.5) is 0 Å². The highest BCUT2D eigenvalue weighted by molar-refractivity contribution is 7.91. The van der Waals surface area contributed by atoms with Crippen LogP contribution in [0.1, 0.15) is 5.56 Å². The Morgan fingerprint density at radius 2 is 1.89 bits per heavy atom. The van der Waals surface area contributed by atoms with Crippen LogP contribution in [-0.2, 0) is 10.0 Å². The van der Waals surface area contributed by atoms with Gasteiger partial charge in [0, 0.05) is 13.6 Å². The normalized spacial score (nSPS) is 12.3. The number of benzene rings is 1. The fourth-order valence-electron chi connectivity index (χ4n) is 1.56. The van der Waals surface area contributed by atoms with Crippen molar-refractivity contribution in [1.82, 2.24) is 4.31 Å². The minimum atomic E-state index is -3.35. The van der Waals surface area contributed by atoms with Gasteiger partial charge in [-0.15, -0.1) is 11.3 Å². The number of hydrogen-bond donors (Lipinski definition) is 0. The molecule has 0 spiro atoms. The quantitative estimate of drug-likeness (QED) is 0.849. The summed E-state index contributed by atoms with van der Waals surface area (Å²) in [7, 11) is -1.76. The average Bonchev–Trinajstić information content (AvgIpc) is 2.94. The first-order valence-corrected chi connectivity index (χ1v) is 8.14. The van der Waals surface area contributed by atoms with Gasteiger partial charge in [0.25, 0.3) is 10.0 Å². The van der Waals surface area contributed by atoms with Crippen molar-refractivity contribution in [3.05, 3.63) is 59.5 Å². The molecule has 0 aliphatic carbocycles. The fourth-order valence-corrected chi connectivity index (χ4v) is 3.89. The van der Waals surface area contributed by atoms with Crippen molar-refractivity contribution in [3.8, 4) is 0 Å². The molecule has 1 aromatic carbocycles. The van der Waals surface area contributed by atoms with E-state index in [-0.39, 0.29) is 0 Å². The first-order valence-electron chi connectivity index (χ1n) is 5.82. The van der Waals surface area contributed by atoms with Crippen LogP contribution in [0.25, 0.3) is 6.08 Å². The molecule has 0 atom stereocenters. The molecule has 2 aromatic rings. The molecule has 0 saturated carbocycles. The Morgan fingerprint density at radius 1 is 1.16 bits per heavy atom. The van der Waals surface area contributed by atoms with E-state index in [1.165, 1.54) is 15.6 Å². The summed E-state index contributed by atoms with van der Waals surface area (Å²) in [4.78, 5) is 0. The number of rotatable bonds is 5. The van der Waals surface area contributed by atoms with Gasteiger partial charge in [0.1, 0.15) is 4.21 Å². The molecule has 0 amide bonds. The van der Waals surface area contributed by atoms with Crippen molar-refractivity contribution >= 4 is 27.4 Å². The molecule has 0 unspecified atom stereocenters. The summed E-state index contributed by atoms with van der Waals surface area (Å²) in [6, 6.07) is 13.2. The average molecular weight is 293 g/mol. The first kappa shape index (κ1) is 14.0. The van der Waals surface area contributed by atoms with Gasteiger partial charge in [0.15, 0.2) is 0 Å². The second-order valence-electron chi connectivity index (χ2n) is 4.03. The van der Waals surface area contributed by atoms with Gasteiger partial charge >= 0.3 is 0 Å². The summed E-state index contributed by atoms with van der Waals surface area (Å²) >= 11 is 1.23. The minimum absolute atomic E-state index is 0.356. The summed E-state index contributed by atoms with van der Waals surface area (Å²) in [5.74, 6) is 0. The lowest BCUT2D eigenvalue weighted by atomic mass is 10.2. The maximum absolute atomic E-state index is 12.1. The maximum atomic E-state index is 12.1. The molecule has 0 aliphatic rings. The van der Waals surface area contributed by atoms with E-state index < -0.39 is 10.0 Å². The largest absolute Gasteiger partial charge is 0.252 e. The van der Waals surface area contributed by atoms with Crippen LogP contribution in [0, 0.1) is 0 Å². The molecule has 5 heteroatoms. The molecule has 0 fully saturated rings. The molecule has 0 N–H and O–H groups in total. The topological polar surface area (TPSA) is 37.4 Å². The molecule has 1 aromatic heterocycles. The Balaban J connectivity index is 2.02. The Labute approximate surface area is 117 Å². The van der Waals surface area contributed by atoms with Gasteiger partial charge < -0.3 is 0 Å². The van der Waals surface area contributed by atoms with E-state index in [9.17, 15) is 8.42 Å². The number of thiophene rings is 1. The second kappa shape index (κ2) is 6.14. The van der Waals surface area contributed by atoms with Crippen molar-refractivity contribution in [2.75, 3.05) is 13.6 Å². The Morgan fingerprint density at radius 3 is 2.53 bits per heavy atom. The van der Waals surface area contributed by atoms with E-state index in [4.69, 9.17) is 0 Å². The van der Waals surface area contributed by atoms with E-state index in [0.29, 0.717) is 10.8 Å². The van der Waals surface area contributed by atoms with Crippen molar-refractivity contribution in [2.24, 2.45) is 0 Å². The molecule has 19 heavy (non-hydrogen) atoms. The third-order valence-corrected chi connectivity index (χ3v) is 5.83. The third kappa shape index (κ3) is 3.53. The number of hydrogen-bond acceptors (Lipinski definition) is 3. The van der Waals surface area contributed by atoms with E-state index >= 15 is 0 Å². The fraction of sp³-hybridized carbons (Fsp3) is 0.143. The van der Waals surface area contributed by atoms with Crippen LogP contribution in [-0.4, -0.2) is 26.3 Å². The summed E-state index contributed by atoms with van der Waals surface area (Å²) < 4.78 is 26.0. The zero-order chi connectivity index (χ0) is 13.7. The second-order valence-corrected chi connectivity index (χ2v) is 7.25. The molecule has 0 aliphatic heterocycles. The van der Waals surface area contributed by atoms with E-state index in [0.717, 1.165) is 5.56 Å². The molecule has 0 saturated heterocycles. The van der Waals surface area contributed by atoms with E-state index in [1.807, 2.05) is 42.5 Å². The monoisotopic (exact) mass is 293 g/mol. The van der Waals surface area contributed by atoms with Crippen LogP contribution in [0.15, 0.2) is 58.1 Å². The highest BCUT2D eigenvalue weighted by Crippen LogP contribution is 2.19.